The number of halogens is 1. The first-order valence-corrected chi connectivity index (χ1v) is 12.6. The Morgan fingerprint density at radius 3 is 2.27 bits per heavy atom. The molecule has 1 aliphatic heterocycles. The summed E-state index contributed by atoms with van der Waals surface area (Å²) in [5, 5.41) is 2.48. The Hall–Kier alpha value is -3.21. The summed E-state index contributed by atoms with van der Waals surface area (Å²) in [5.41, 5.74) is 2.08. The van der Waals surface area contributed by atoms with Crippen LogP contribution in [0.1, 0.15) is 39.6 Å². The van der Waals surface area contributed by atoms with Crippen molar-refractivity contribution < 1.29 is 22.8 Å². The molecule has 2 heterocycles. The summed E-state index contributed by atoms with van der Waals surface area (Å²) in [5.74, 6) is -0.820. The van der Waals surface area contributed by atoms with E-state index in [1.807, 2.05) is 11.6 Å². The highest BCUT2D eigenvalue weighted by molar-refractivity contribution is 7.92. The predicted molar refractivity (Wildman–Crippen MR) is 127 cm³/mol. The molecule has 0 saturated carbocycles. The van der Waals surface area contributed by atoms with E-state index in [1.54, 1.807) is 36.4 Å². The number of nitrogens with zero attached hydrogens (tertiary/aromatic N) is 1. The lowest BCUT2D eigenvalue weighted by Gasteiger charge is -2.19. The zero-order chi connectivity index (χ0) is 23.8. The van der Waals surface area contributed by atoms with Gasteiger partial charge < -0.3 is 5.32 Å². The summed E-state index contributed by atoms with van der Waals surface area (Å²) in [7, 11) is -4.07. The van der Waals surface area contributed by atoms with Gasteiger partial charge in [0.1, 0.15) is 4.21 Å². The summed E-state index contributed by atoms with van der Waals surface area (Å²) < 4.78 is 26.8. The van der Waals surface area contributed by atoms with Crippen LogP contribution in [-0.2, 0) is 16.4 Å². The van der Waals surface area contributed by atoms with Gasteiger partial charge in [-0.2, -0.15) is 0 Å². The molecule has 2 aromatic carbocycles. The molecule has 0 radical (unpaired) electrons. The standard InChI is InChI=1S/C22H18ClN3O5S2/c1-2-5-13-12-14(24-22(29)25-33(30,31)19-11-10-18(23)32-19)8-9-17(13)26-20(27)15-6-3-4-7-16(15)21(26)28/h3-4,6-12H,2,5H2,1H3,(H2,24,25,29). The van der Waals surface area contributed by atoms with Gasteiger partial charge in [0.2, 0.25) is 0 Å². The molecule has 33 heavy (non-hydrogen) atoms. The van der Waals surface area contributed by atoms with Crippen molar-refractivity contribution >= 4 is 62.2 Å². The second-order valence-corrected chi connectivity index (χ2v) is 10.8. The molecule has 170 valence electrons. The molecule has 0 aliphatic carbocycles. The van der Waals surface area contributed by atoms with Crippen molar-refractivity contribution in [1.29, 1.82) is 0 Å². The number of hydrogen-bond acceptors (Lipinski definition) is 6. The predicted octanol–water partition coefficient (Wildman–Crippen LogP) is 4.67. The van der Waals surface area contributed by atoms with Crippen LogP contribution < -0.4 is 14.9 Å². The average Bonchev–Trinajstić information content (AvgIpc) is 3.31. The van der Waals surface area contributed by atoms with Gasteiger partial charge in [0.15, 0.2) is 0 Å². The van der Waals surface area contributed by atoms with Crippen LogP contribution in [0.15, 0.2) is 58.8 Å². The SMILES string of the molecule is CCCc1cc(NC(=O)NS(=O)(=O)c2ccc(Cl)s2)ccc1N1C(=O)c2ccccc2C1=O. The van der Waals surface area contributed by atoms with Crippen LogP contribution in [0, 0.1) is 0 Å². The Labute approximate surface area is 199 Å². The number of aryl methyl sites for hydroxylation is 1. The molecule has 1 aliphatic rings. The van der Waals surface area contributed by atoms with E-state index < -0.39 is 27.9 Å². The maximum atomic E-state index is 12.9. The molecule has 3 aromatic rings. The lowest BCUT2D eigenvalue weighted by molar-refractivity contribution is 0.0925. The molecule has 2 N–H and O–H groups in total. The largest absolute Gasteiger partial charge is 0.333 e. The Bertz CT molecular complexity index is 1350. The Morgan fingerprint density at radius 2 is 1.70 bits per heavy atom. The Morgan fingerprint density at radius 1 is 1.03 bits per heavy atom. The van der Waals surface area contributed by atoms with Gasteiger partial charge >= 0.3 is 6.03 Å². The molecule has 0 atom stereocenters. The van der Waals surface area contributed by atoms with E-state index in [-0.39, 0.29) is 8.55 Å². The lowest BCUT2D eigenvalue weighted by Crippen LogP contribution is -2.34. The zero-order valence-electron chi connectivity index (χ0n) is 17.3. The number of urea groups is 1. The van der Waals surface area contributed by atoms with Crippen LogP contribution in [0.2, 0.25) is 4.34 Å². The number of thiophene rings is 1. The molecule has 0 saturated heterocycles. The average molecular weight is 504 g/mol. The number of hydrogen-bond donors (Lipinski definition) is 2. The lowest BCUT2D eigenvalue weighted by atomic mass is 10.1. The number of imide groups is 1. The first kappa shape index (κ1) is 23.0. The monoisotopic (exact) mass is 503 g/mol. The van der Waals surface area contributed by atoms with Crippen LogP contribution in [0.5, 0.6) is 0 Å². The fourth-order valence-electron chi connectivity index (χ4n) is 3.53. The number of anilines is 2. The van der Waals surface area contributed by atoms with Gasteiger partial charge in [-0.1, -0.05) is 37.1 Å². The van der Waals surface area contributed by atoms with Crippen molar-refractivity contribution in [1.82, 2.24) is 4.72 Å². The first-order valence-electron chi connectivity index (χ1n) is 9.91. The third-order valence-electron chi connectivity index (χ3n) is 4.93. The molecule has 0 unspecified atom stereocenters. The topological polar surface area (TPSA) is 113 Å². The molecule has 4 amide bonds. The number of benzene rings is 2. The van der Waals surface area contributed by atoms with Crippen molar-refractivity contribution in [2.45, 2.75) is 24.0 Å². The van der Waals surface area contributed by atoms with Crippen LogP contribution in [-0.4, -0.2) is 26.3 Å². The van der Waals surface area contributed by atoms with Gasteiger partial charge in [0, 0.05) is 5.69 Å². The van der Waals surface area contributed by atoms with Crippen molar-refractivity contribution in [2.24, 2.45) is 0 Å². The summed E-state index contributed by atoms with van der Waals surface area (Å²) in [6.45, 7) is 1.94. The Balaban J connectivity index is 1.57. The molecular formula is C22H18ClN3O5S2. The molecule has 1 aromatic heterocycles. The molecule has 11 heteroatoms. The van der Waals surface area contributed by atoms with E-state index in [0.717, 1.165) is 22.7 Å². The summed E-state index contributed by atoms with van der Waals surface area (Å²) in [4.78, 5) is 39.2. The van der Waals surface area contributed by atoms with Crippen LogP contribution >= 0.6 is 22.9 Å². The fourth-order valence-corrected chi connectivity index (χ4v) is 5.92. The number of carbonyl (C=O) groups is 3. The van der Waals surface area contributed by atoms with Crippen LogP contribution in [0.4, 0.5) is 16.2 Å². The third-order valence-corrected chi connectivity index (χ3v) is 7.99. The second kappa shape index (κ2) is 8.97. The van der Waals surface area contributed by atoms with E-state index in [4.69, 9.17) is 11.6 Å². The molecule has 0 fully saturated rings. The molecular weight excluding hydrogens is 486 g/mol. The quantitative estimate of drug-likeness (QED) is 0.475. The van der Waals surface area contributed by atoms with Gasteiger partial charge in [-0.15, -0.1) is 11.3 Å². The Kier molecular flexibility index (Phi) is 6.24. The third kappa shape index (κ3) is 4.50. The van der Waals surface area contributed by atoms with Gasteiger partial charge in [-0.05, 0) is 54.4 Å². The second-order valence-electron chi connectivity index (χ2n) is 7.20. The van der Waals surface area contributed by atoms with Crippen molar-refractivity contribution in [3.63, 3.8) is 0 Å². The zero-order valence-corrected chi connectivity index (χ0v) is 19.7. The maximum absolute atomic E-state index is 12.9. The molecule has 4 rings (SSSR count). The summed E-state index contributed by atoms with van der Waals surface area (Å²) in [6.07, 6.45) is 1.26. The minimum atomic E-state index is -4.07. The van der Waals surface area contributed by atoms with E-state index in [1.165, 1.54) is 18.2 Å². The van der Waals surface area contributed by atoms with E-state index >= 15 is 0 Å². The first-order chi connectivity index (χ1) is 15.7. The number of fused-ring (bicyclic) bond motifs is 1. The minimum Gasteiger partial charge on any atom is -0.307 e. The van der Waals surface area contributed by atoms with E-state index in [9.17, 15) is 22.8 Å². The fraction of sp³-hybridized carbons (Fsp3) is 0.136. The number of carbonyl (C=O) groups excluding carboxylic acids is 3. The van der Waals surface area contributed by atoms with Crippen LogP contribution in [0.25, 0.3) is 0 Å². The normalized spacial score (nSPS) is 13.2. The number of amides is 4. The van der Waals surface area contributed by atoms with Gasteiger partial charge in [-0.3, -0.25) is 9.59 Å². The summed E-state index contributed by atoms with van der Waals surface area (Å²) in [6, 6.07) is 13.1. The number of rotatable bonds is 6. The van der Waals surface area contributed by atoms with Gasteiger partial charge in [0.25, 0.3) is 21.8 Å². The van der Waals surface area contributed by atoms with E-state index in [0.29, 0.717) is 34.5 Å². The van der Waals surface area contributed by atoms with Crippen molar-refractivity contribution in [3.8, 4) is 0 Å². The van der Waals surface area contributed by atoms with Crippen LogP contribution in [0.3, 0.4) is 0 Å². The smallest absolute Gasteiger partial charge is 0.307 e. The van der Waals surface area contributed by atoms with Crippen molar-refractivity contribution in [3.05, 3.63) is 75.6 Å². The maximum Gasteiger partial charge on any atom is 0.333 e. The molecule has 0 bridgehead atoms. The molecule has 8 nitrogen and oxygen atoms in total. The van der Waals surface area contributed by atoms with E-state index in [2.05, 4.69) is 5.32 Å². The number of sulfonamides is 1. The highest BCUT2D eigenvalue weighted by atomic mass is 35.5. The highest BCUT2D eigenvalue weighted by Gasteiger charge is 2.37. The highest BCUT2D eigenvalue weighted by Crippen LogP contribution is 2.33. The summed E-state index contributed by atoms with van der Waals surface area (Å²) >= 11 is 6.60. The number of nitrogens with one attached hydrogen (secondary N) is 2. The minimum absolute atomic E-state index is 0.0877. The van der Waals surface area contributed by atoms with Crippen molar-refractivity contribution in [2.75, 3.05) is 10.2 Å². The van der Waals surface area contributed by atoms with Gasteiger partial charge in [0.05, 0.1) is 21.2 Å². The molecule has 0 spiro atoms. The van der Waals surface area contributed by atoms with Gasteiger partial charge in [-0.25, -0.2) is 22.8 Å².